The topological polar surface area (TPSA) is 106 Å². The number of anilines is 2. The summed E-state index contributed by atoms with van der Waals surface area (Å²) >= 11 is 2.72. The summed E-state index contributed by atoms with van der Waals surface area (Å²) in [6.45, 7) is 0. The Morgan fingerprint density at radius 2 is 1.87 bits per heavy atom. The maximum absolute atomic E-state index is 13.3. The number of carbonyl (C=O) groups excluding carboxylic acids is 1. The van der Waals surface area contributed by atoms with Crippen LogP contribution in [0.5, 0.6) is 0 Å². The lowest BCUT2D eigenvalue weighted by atomic mass is 9.98. The Bertz CT molecular complexity index is 1490. The van der Waals surface area contributed by atoms with E-state index in [1.165, 1.54) is 22.7 Å². The number of nitriles is 1. The number of nitrogens with two attached hydrogens (primary N) is 2. The predicted octanol–water partition coefficient (Wildman–Crippen LogP) is 5.45. The highest BCUT2D eigenvalue weighted by Gasteiger charge is 2.25. The number of nitrogen functional groups attached to an aromatic ring is 2. The van der Waals surface area contributed by atoms with Crippen molar-refractivity contribution in [3.8, 4) is 17.2 Å². The fourth-order valence-electron chi connectivity index (χ4n) is 3.61. The normalized spacial score (nSPS) is 11.0. The number of hydrogen-bond acceptors (Lipinski definition) is 7. The van der Waals surface area contributed by atoms with Crippen LogP contribution in [0.2, 0.25) is 0 Å². The van der Waals surface area contributed by atoms with Gasteiger partial charge in [-0.1, -0.05) is 36.4 Å². The number of hydrogen-bond donors (Lipinski definition) is 2. The van der Waals surface area contributed by atoms with E-state index in [0.29, 0.717) is 31.9 Å². The molecule has 5 rings (SSSR count). The lowest BCUT2D eigenvalue weighted by molar-refractivity contribution is 0.104. The molecule has 5 nitrogen and oxygen atoms in total. The first kappa shape index (κ1) is 18.3. The van der Waals surface area contributed by atoms with Crippen LogP contribution in [-0.4, -0.2) is 10.8 Å². The highest BCUT2D eigenvalue weighted by atomic mass is 32.1. The number of pyridine rings is 1. The zero-order valence-electron chi connectivity index (χ0n) is 15.5. The van der Waals surface area contributed by atoms with E-state index in [0.717, 1.165) is 16.3 Å². The van der Waals surface area contributed by atoms with Gasteiger partial charge in [-0.15, -0.1) is 11.3 Å². The number of aromatic nitrogens is 1. The molecule has 3 heterocycles. The second kappa shape index (κ2) is 6.95. The van der Waals surface area contributed by atoms with Gasteiger partial charge in [-0.05, 0) is 39.2 Å². The largest absolute Gasteiger partial charge is 0.397 e. The highest BCUT2D eigenvalue weighted by Crippen LogP contribution is 2.43. The van der Waals surface area contributed by atoms with E-state index < -0.39 is 0 Å². The van der Waals surface area contributed by atoms with Crippen molar-refractivity contribution < 1.29 is 4.79 Å². The molecule has 2 aromatic carbocycles. The first-order valence-corrected chi connectivity index (χ1v) is 10.8. The molecule has 0 fully saturated rings. The van der Waals surface area contributed by atoms with Crippen LogP contribution in [0.1, 0.15) is 20.8 Å². The SMILES string of the molecule is N#Cc1c(N)nc2sc(C(=O)c3ccc4ccccc4c3)c(N)c2c1-c1ccsc1. The fourth-order valence-corrected chi connectivity index (χ4v) is 5.33. The molecule has 0 aliphatic heterocycles. The molecule has 144 valence electrons. The van der Waals surface area contributed by atoms with E-state index in [9.17, 15) is 10.1 Å². The minimum Gasteiger partial charge on any atom is -0.397 e. The molecule has 0 radical (unpaired) electrons. The standard InChI is InChI=1S/C23H14N4OS2/c24-10-16-17(15-7-8-29-11-15)18-19(25)21(30-23(18)27-22(16)26)20(28)14-6-5-12-3-1-2-4-13(12)9-14/h1-9,11H,25H2,(H2,26,27). The number of benzene rings is 2. The Hall–Kier alpha value is -3.73. The Morgan fingerprint density at radius 1 is 1.07 bits per heavy atom. The molecule has 0 spiro atoms. The van der Waals surface area contributed by atoms with Crippen molar-refractivity contribution in [2.45, 2.75) is 0 Å². The van der Waals surface area contributed by atoms with Crippen LogP contribution >= 0.6 is 22.7 Å². The summed E-state index contributed by atoms with van der Waals surface area (Å²) in [5.74, 6) is -0.0354. The third kappa shape index (κ3) is 2.74. The second-order valence-corrected chi connectivity index (χ2v) is 8.57. The Kier molecular flexibility index (Phi) is 4.24. The lowest BCUT2D eigenvalue weighted by Crippen LogP contribution is -2.02. The predicted molar refractivity (Wildman–Crippen MR) is 124 cm³/mol. The van der Waals surface area contributed by atoms with Crippen LogP contribution in [-0.2, 0) is 0 Å². The van der Waals surface area contributed by atoms with Crippen molar-refractivity contribution in [1.82, 2.24) is 4.98 Å². The van der Waals surface area contributed by atoms with Gasteiger partial charge in [0.1, 0.15) is 27.2 Å². The molecule has 3 aromatic heterocycles. The van der Waals surface area contributed by atoms with Gasteiger partial charge in [0.25, 0.3) is 0 Å². The summed E-state index contributed by atoms with van der Waals surface area (Å²) in [7, 11) is 0. The third-order valence-electron chi connectivity index (χ3n) is 5.04. The summed E-state index contributed by atoms with van der Waals surface area (Å²) in [4.78, 5) is 18.6. The van der Waals surface area contributed by atoms with Gasteiger partial charge in [-0.3, -0.25) is 4.79 Å². The first-order valence-electron chi connectivity index (χ1n) is 9.06. The van der Waals surface area contributed by atoms with E-state index >= 15 is 0 Å². The van der Waals surface area contributed by atoms with E-state index in [4.69, 9.17) is 11.5 Å². The van der Waals surface area contributed by atoms with E-state index in [2.05, 4.69) is 11.1 Å². The second-order valence-electron chi connectivity index (χ2n) is 6.79. The Balaban J connectivity index is 1.74. The smallest absolute Gasteiger partial charge is 0.205 e. The molecular formula is C23H14N4OS2. The molecule has 0 atom stereocenters. The molecule has 0 unspecified atom stereocenters. The van der Waals surface area contributed by atoms with Crippen molar-refractivity contribution in [2.24, 2.45) is 0 Å². The van der Waals surface area contributed by atoms with Crippen molar-refractivity contribution in [2.75, 3.05) is 11.5 Å². The zero-order valence-corrected chi connectivity index (χ0v) is 17.2. The maximum Gasteiger partial charge on any atom is 0.205 e. The number of fused-ring (bicyclic) bond motifs is 2. The van der Waals surface area contributed by atoms with Crippen LogP contribution in [0, 0.1) is 11.3 Å². The summed E-state index contributed by atoms with van der Waals surface area (Å²) in [6.07, 6.45) is 0. The molecule has 0 aliphatic carbocycles. The molecular weight excluding hydrogens is 412 g/mol. The molecule has 0 saturated heterocycles. The summed E-state index contributed by atoms with van der Waals surface area (Å²) in [5.41, 5.74) is 15.2. The van der Waals surface area contributed by atoms with Gasteiger partial charge in [0, 0.05) is 16.5 Å². The summed E-state index contributed by atoms with van der Waals surface area (Å²) in [5, 5.41) is 16.2. The maximum atomic E-state index is 13.3. The minimum absolute atomic E-state index is 0.136. The van der Waals surface area contributed by atoms with Gasteiger partial charge in [0.05, 0.1) is 5.69 Å². The van der Waals surface area contributed by atoms with Crippen LogP contribution in [0.25, 0.3) is 32.1 Å². The van der Waals surface area contributed by atoms with Crippen molar-refractivity contribution in [3.05, 3.63) is 75.3 Å². The molecule has 30 heavy (non-hydrogen) atoms. The average Bonchev–Trinajstić information content (AvgIpc) is 3.40. The lowest BCUT2D eigenvalue weighted by Gasteiger charge is -2.07. The van der Waals surface area contributed by atoms with Crippen molar-refractivity contribution >= 4 is 61.0 Å². The van der Waals surface area contributed by atoms with Crippen LogP contribution in [0.4, 0.5) is 11.5 Å². The van der Waals surface area contributed by atoms with Gasteiger partial charge in [-0.2, -0.15) is 16.6 Å². The van der Waals surface area contributed by atoms with E-state index in [-0.39, 0.29) is 17.2 Å². The molecule has 7 heteroatoms. The van der Waals surface area contributed by atoms with Crippen LogP contribution in [0.15, 0.2) is 59.3 Å². The van der Waals surface area contributed by atoms with Crippen LogP contribution in [0.3, 0.4) is 0 Å². The molecule has 0 saturated carbocycles. The quantitative estimate of drug-likeness (QED) is 0.373. The van der Waals surface area contributed by atoms with E-state index in [1.807, 2.05) is 53.2 Å². The third-order valence-corrected chi connectivity index (χ3v) is 6.83. The summed E-state index contributed by atoms with van der Waals surface area (Å²) in [6, 6.07) is 17.5. The zero-order chi connectivity index (χ0) is 20.8. The number of ketones is 1. The molecule has 0 aliphatic rings. The Labute approximate surface area is 179 Å². The van der Waals surface area contributed by atoms with Gasteiger partial charge in [-0.25, -0.2) is 4.98 Å². The fraction of sp³-hybridized carbons (Fsp3) is 0. The number of rotatable bonds is 3. The molecule has 4 N–H and O–H groups in total. The van der Waals surface area contributed by atoms with Gasteiger partial charge in [0.15, 0.2) is 0 Å². The first-order chi connectivity index (χ1) is 14.6. The Morgan fingerprint density at radius 3 is 2.60 bits per heavy atom. The highest BCUT2D eigenvalue weighted by molar-refractivity contribution is 7.21. The number of carbonyl (C=O) groups is 1. The molecule has 0 bridgehead atoms. The monoisotopic (exact) mass is 426 g/mol. The number of thiophene rings is 2. The van der Waals surface area contributed by atoms with Gasteiger partial charge >= 0.3 is 0 Å². The van der Waals surface area contributed by atoms with E-state index in [1.54, 1.807) is 6.07 Å². The summed E-state index contributed by atoms with van der Waals surface area (Å²) < 4.78 is 0. The average molecular weight is 427 g/mol. The minimum atomic E-state index is -0.172. The van der Waals surface area contributed by atoms with Crippen molar-refractivity contribution in [3.63, 3.8) is 0 Å². The van der Waals surface area contributed by atoms with Crippen molar-refractivity contribution in [1.29, 1.82) is 5.26 Å². The van der Waals surface area contributed by atoms with Gasteiger partial charge in [0.2, 0.25) is 5.78 Å². The van der Waals surface area contributed by atoms with Gasteiger partial charge < -0.3 is 11.5 Å². The molecule has 5 aromatic rings. The van der Waals surface area contributed by atoms with Crippen LogP contribution < -0.4 is 11.5 Å². The number of nitrogens with zero attached hydrogens (tertiary/aromatic N) is 2. The molecule has 0 amide bonds.